The van der Waals surface area contributed by atoms with Crippen molar-refractivity contribution in [1.29, 1.82) is 0 Å². The van der Waals surface area contributed by atoms with Crippen molar-refractivity contribution in [3.63, 3.8) is 0 Å². The lowest BCUT2D eigenvalue weighted by Crippen LogP contribution is -2.23. The van der Waals surface area contributed by atoms with Crippen LogP contribution in [0.5, 0.6) is 0 Å². The van der Waals surface area contributed by atoms with Crippen LogP contribution in [0.3, 0.4) is 0 Å². The van der Waals surface area contributed by atoms with E-state index in [9.17, 15) is 0 Å². The first-order chi connectivity index (χ1) is 9.11. The minimum Gasteiger partial charge on any atom is -0.310 e. The van der Waals surface area contributed by atoms with E-state index >= 15 is 0 Å². The summed E-state index contributed by atoms with van der Waals surface area (Å²) in [4.78, 5) is 0. The molecule has 0 spiro atoms. The Bertz CT molecular complexity index is 368. The van der Waals surface area contributed by atoms with Crippen molar-refractivity contribution < 1.29 is 0 Å². The Morgan fingerprint density at radius 3 is 2.37 bits per heavy atom. The largest absolute Gasteiger partial charge is 0.310 e. The van der Waals surface area contributed by atoms with Crippen LogP contribution in [0.2, 0.25) is 0 Å². The Balaban J connectivity index is 2.71. The minimum absolute atomic E-state index is 0.477. The van der Waals surface area contributed by atoms with Crippen LogP contribution in [0.4, 0.5) is 0 Å². The van der Waals surface area contributed by atoms with Gasteiger partial charge >= 0.3 is 0 Å². The summed E-state index contributed by atoms with van der Waals surface area (Å²) < 4.78 is 2.01. The van der Waals surface area contributed by atoms with E-state index in [0.717, 1.165) is 6.54 Å². The summed E-state index contributed by atoms with van der Waals surface area (Å²) in [5.74, 6) is 0. The van der Waals surface area contributed by atoms with E-state index in [1.807, 2.05) is 11.7 Å². The number of rotatable bonds is 9. The SMILES string of the molecule is CCCCCCC(NCCC)c1c(C)nn(C)c1C. The Morgan fingerprint density at radius 2 is 1.84 bits per heavy atom. The van der Waals surface area contributed by atoms with Crippen molar-refractivity contribution >= 4 is 0 Å². The Hall–Kier alpha value is -0.830. The summed E-state index contributed by atoms with van der Waals surface area (Å²) in [6.07, 6.45) is 7.73. The number of hydrogen-bond acceptors (Lipinski definition) is 2. The van der Waals surface area contributed by atoms with Gasteiger partial charge in [-0.3, -0.25) is 4.68 Å². The quantitative estimate of drug-likeness (QED) is 0.683. The van der Waals surface area contributed by atoms with Crippen LogP contribution in [-0.4, -0.2) is 16.3 Å². The van der Waals surface area contributed by atoms with Gasteiger partial charge in [-0.2, -0.15) is 5.10 Å². The van der Waals surface area contributed by atoms with Gasteiger partial charge in [0, 0.05) is 24.3 Å². The highest BCUT2D eigenvalue weighted by Gasteiger charge is 2.19. The molecule has 3 heteroatoms. The zero-order valence-corrected chi connectivity index (χ0v) is 13.4. The average Bonchev–Trinajstić information content (AvgIpc) is 2.63. The van der Waals surface area contributed by atoms with Gasteiger partial charge in [-0.15, -0.1) is 0 Å². The maximum Gasteiger partial charge on any atom is 0.0644 e. The molecule has 1 heterocycles. The van der Waals surface area contributed by atoms with Crippen molar-refractivity contribution in [2.24, 2.45) is 7.05 Å². The lowest BCUT2D eigenvalue weighted by atomic mass is 9.98. The van der Waals surface area contributed by atoms with E-state index < -0.39 is 0 Å². The van der Waals surface area contributed by atoms with Crippen molar-refractivity contribution in [3.8, 4) is 0 Å². The summed E-state index contributed by atoms with van der Waals surface area (Å²) in [5, 5.41) is 8.26. The molecule has 0 aliphatic rings. The van der Waals surface area contributed by atoms with Gasteiger partial charge < -0.3 is 5.32 Å². The molecule has 0 radical (unpaired) electrons. The molecule has 0 aromatic carbocycles. The van der Waals surface area contributed by atoms with Gasteiger partial charge in [-0.25, -0.2) is 0 Å². The number of nitrogens with one attached hydrogen (secondary N) is 1. The molecule has 19 heavy (non-hydrogen) atoms. The van der Waals surface area contributed by atoms with Crippen LogP contribution in [0, 0.1) is 13.8 Å². The zero-order valence-electron chi connectivity index (χ0n) is 13.4. The molecule has 0 amide bonds. The lowest BCUT2D eigenvalue weighted by Gasteiger charge is -2.19. The molecule has 0 aliphatic heterocycles. The normalized spacial score (nSPS) is 12.9. The summed E-state index contributed by atoms with van der Waals surface area (Å²) in [6.45, 7) is 9.90. The molecule has 0 fully saturated rings. The molecule has 1 aromatic heterocycles. The third-order valence-corrected chi connectivity index (χ3v) is 3.90. The fourth-order valence-corrected chi connectivity index (χ4v) is 2.74. The summed E-state index contributed by atoms with van der Waals surface area (Å²) >= 11 is 0. The van der Waals surface area contributed by atoms with Crippen molar-refractivity contribution in [3.05, 3.63) is 17.0 Å². The van der Waals surface area contributed by atoms with Crippen LogP contribution in [0.25, 0.3) is 0 Å². The molecular weight excluding hydrogens is 234 g/mol. The highest BCUT2D eigenvalue weighted by atomic mass is 15.3. The van der Waals surface area contributed by atoms with Crippen LogP contribution < -0.4 is 5.32 Å². The van der Waals surface area contributed by atoms with E-state index in [-0.39, 0.29) is 0 Å². The van der Waals surface area contributed by atoms with E-state index in [2.05, 4.69) is 38.1 Å². The third-order valence-electron chi connectivity index (χ3n) is 3.90. The van der Waals surface area contributed by atoms with Gasteiger partial charge in [0.05, 0.1) is 5.69 Å². The highest BCUT2D eigenvalue weighted by Crippen LogP contribution is 2.26. The molecule has 0 saturated carbocycles. The van der Waals surface area contributed by atoms with Crippen molar-refractivity contribution in [2.45, 2.75) is 72.3 Å². The number of aromatic nitrogens is 2. The van der Waals surface area contributed by atoms with Gasteiger partial charge in [-0.1, -0.05) is 39.5 Å². The van der Waals surface area contributed by atoms with E-state index in [4.69, 9.17) is 0 Å². The molecular formula is C16H31N3. The van der Waals surface area contributed by atoms with E-state index in [1.54, 1.807) is 0 Å². The predicted molar refractivity (Wildman–Crippen MR) is 82.5 cm³/mol. The lowest BCUT2D eigenvalue weighted by molar-refractivity contribution is 0.467. The molecule has 3 nitrogen and oxygen atoms in total. The van der Waals surface area contributed by atoms with Crippen molar-refractivity contribution in [2.75, 3.05) is 6.54 Å². The topological polar surface area (TPSA) is 29.9 Å². The van der Waals surface area contributed by atoms with E-state index in [1.165, 1.54) is 55.5 Å². The molecule has 1 N–H and O–H groups in total. The summed E-state index contributed by atoms with van der Waals surface area (Å²) in [7, 11) is 2.04. The van der Waals surface area contributed by atoms with Crippen LogP contribution >= 0.6 is 0 Å². The highest BCUT2D eigenvalue weighted by molar-refractivity contribution is 5.28. The molecule has 0 aliphatic carbocycles. The third kappa shape index (κ3) is 4.64. The Morgan fingerprint density at radius 1 is 1.11 bits per heavy atom. The first-order valence-electron chi connectivity index (χ1n) is 7.85. The molecule has 0 saturated heterocycles. The van der Waals surface area contributed by atoms with Gasteiger partial charge in [0.1, 0.15) is 0 Å². The summed E-state index contributed by atoms with van der Waals surface area (Å²) in [6, 6.07) is 0.477. The number of hydrogen-bond donors (Lipinski definition) is 1. The first kappa shape index (κ1) is 16.2. The van der Waals surface area contributed by atoms with E-state index in [0.29, 0.717) is 6.04 Å². The fourth-order valence-electron chi connectivity index (χ4n) is 2.74. The Kier molecular flexibility index (Phi) is 7.14. The second-order valence-electron chi connectivity index (χ2n) is 5.56. The monoisotopic (exact) mass is 265 g/mol. The Labute approximate surface area is 118 Å². The van der Waals surface area contributed by atoms with Crippen LogP contribution in [-0.2, 0) is 7.05 Å². The number of aryl methyl sites for hydroxylation is 2. The van der Waals surface area contributed by atoms with Crippen molar-refractivity contribution in [1.82, 2.24) is 15.1 Å². The maximum atomic E-state index is 4.56. The number of unbranched alkanes of at least 4 members (excludes halogenated alkanes) is 3. The van der Waals surface area contributed by atoms with Gasteiger partial charge in [0.2, 0.25) is 0 Å². The number of nitrogens with zero attached hydrogens (tertiary/aromatic N) is 2. The second kappa shape index (κ2) is 8.36. The molecule has 1 unspecified atom stereocenters. The molecule has 1 rings (SSSR count). The zero-order chi connectivity index (χ0) is 14.3. The fraction of sp³-hybridized carbons (Fsp3) is 0.812. The molecule has 110 valence electrons. The average molecular weight is 265 g/mol. The van der Waals surface area contributed by atoms with Gasteiger partial charge in [0.25, 0.3) is 0 Å². The second-order valence-corrected chi connectivity index (χ2v) is 5.56. The molecule has 1 atom stereocenters. The van der Waals surface area contributed by atoms with Crippen LogP contribution in [0.15, 0.2) is 0 Å². The maximum absolute atomic E-state index is 4.56. The standard InChI is InChI=1S/C16H31N3/c1-6-8-9-10-11-15(17-12-7-2)16-13(3)18-19(5)14(16)4/h15,17H,6-12H2,1-5H3. The van der Waals surface area contributed by atoms with Crippen LogP contribution in [0.1, 0.15) is 75.4 Å². The summed E-state index contributed by atoms with van der Waals surface area (Å²) in [5.41, 5.74) is 3.91. The first-order valence-corrected chi connectivity index (χ1v) is 7.85. The smallest absolute Gasteiger partial charge is 0.0644 e. The van der Waals surface area contributed by atoms with Gasteiger partial charge in [0.15, 0.2) is 0 Å². The van der Waals surface area contributed by atoms with Gasteiger partial charge in [-0.05, 0) is 33.2 Å². The molecule has 0 bridgehead atoms. The predicted octanol–water partition coefficient (Wildman–Crippen LogP) is 4.05. The molecule has 1 aromatic rings. The minimum atomic E-state index is 0.477.